The molecule has 0 spiro atoms. The van der Waals surface area contributed by atoms with Crippen LogP contribution in [0.4, 0.5) is 15.8 Å². The number of anilines is 1. The molecule has 4 aromatic rings. The number of nitro benzene ring substituents is 1. The van der Waals surface area contributed by atoms with Gasteiger partial charge in [0.25, 0.3) is 5.69 Å². The summed E-state index contributed by atoms with van der Waals surface area (Å²) >= 11 is 7.07. The van der Waals surface area contributed by atoms with E-state index in [2.05, 4.69) is 15.5 Å². The zero-order valence-corrected chi connectivity index (χ0v) is 19.7. The minimum absolute atomic E-state index is 0.0815. The van der Waals surface area contributed by atoms with Crippen molar-refractivity contribution in [3.05, 3.63) is 87.7 Å². The molecule has 0 aliphatic carbocycles. The highest BCUT2D eigenvalue weighted by molar-refractivity contribution is 7.99. The van der Waals surface area contributed by atoms with Crippen LogP contribution in [0.1, 0.15) is 0 Å². The summed E-state index contributed by atoms with van der Waals surface area (Å²) in [5, 5.41) is 22.5. The summed E-state index contributed by atoms with van der Waals surface area (Å²) in [6.45, 7) is 0. The van der Waals surface area contributed by atoms with Gasteiger partial charge in [0.1, 0.15) is 17.3 Å². The van der Waals surface area contributed by atoms with E-state index < -0.39 is 16.6 Å². The molecule has 1 N–H and O–H groups in total. The lowest BCUT2D eigenvalue weighted by molar-refractivity contribution is -0.383. The van der Waals surface area contributed by atoms with Crippen LogP contribution in [0.5, 0.6) is 5.75 Å². The van der Waals surface area contributed by atoms with Crippen LogP contribution in [0, 0.1) is 15.9 Å². The number of aromatic nitrogens is 3. The van der Waals surface area contributed by atoms with Crippen molar-refractivity contribution < 1.29 is 18.8 Å². The number of methoxy groups -OCH3 is 1. The highest BCUT2D eigenvalue weighted by atomic mass is 35.5. The summed E-state index contributed by atoms with van der Waals surface area (Å²) in [5.41, 5.74) is 1.08. The first-order valence-corrected chi connectivity index (χ1v) is 11.4. The predicted octanol–water partition coefficient (Wildman–Crippen LogP) is 5.37. The molecule has 12 heteroatoms. The van der Waals surface area contributed by atoms with Gasteiger partial charge in [-0.3, -0.25) is 19.5 Å². The van der Waals surface area contributed by atoms with E-state index in [4.69, 9.17) is 16.3 Å². The smallest absolute Gasteiger partial charge is 0.292 e. The van der Waals surface area contributed by atoms with Crippen LogP contribution >= 0.6 is 23.4 Å². The summed E-state index contributed by atoms with van der Waals surface area (Å²) in [4.78, 5) is 23.2. The Labute approximate surface area is 208 Å². The standard InChI is InChI=1S/C23H17ClFN5O4S/c1-34-16-9-6-14(7-10-16)22-27-28-23(29(22)15-8-11-18(25)17(24)12-15)35-13-21(31)26-19-4-2-3-5-20(19)30(32)33/h2-12H,13H2,1H3,(H,26,31). The van der Waals surface area contributed by atoms with Crippen molar-refractivity contribution in [2.45, 2.75) is 5.16 Å². The topological polar surface area (TPSA) is 112 Å². The minimum Gasteiger partial charge on any atom is -0.497 e. The maximum Gasteiger partial charge on any atom is 0.292 e. The van der Waals surface area contributed by atoms with Gasteiger partial charge < -0.3 is 10.1 Å². The largest absolute Gasteiger partial charge is 0.497 e. The predicted molar refractivity (Wildman–Crippen MR) is 131 cm³/mol. The molecule has 178 valence electrons. The zero-order chi connectivity index (χ0) is 24.9. The van der Waals surface area contributed by atoms with Crippen molar-refractivity contribution in [3.8, 4) is 22.8 Å². The van der Waals surface area contributed by atoms with Crippen LogP contribution in [-0.2, 0) is 4.79 Å². The number of hydrogen-bond donors (Lipinski definition) is 1. The number of amides is 1. The molecule has 0 atom stereocenters. The Morgan fingerprint density at radius 1 is 1.17 bits per heavy atom. The van der Waals surface area contributed by atoms with Gasteiger partial charge >= 0.3 is 0 Å². The fourth-order valence-corrected chi connectivity index (χ4v) is 4.13. The maximum atomic E-state index is 13.8. The highest BCUT2D eigenvalue weighted by Gasteiger charge is 2.20. The first kappa shape index (κ1) is 24.2. The van der Waals surface area contributed by atoms with Crippen LogP contribution in [-0.4, -0.2) is 38.5 Å². The number of rotatable bonds is 8. The fourth-order valence-electron chi connectivity index (χ4n) is 3.20. The van der Waals surface area contributed by atoms with Crippen LogP contribution in [0.3, 0.4) is 0 Å². The number of halogens is 2. The van der Waals surface area contributed by atoms with Crippen molar-refractivity contribution in [1.82, 2.24) is 14.8 Å². The lowest BCUT2D eigenvalue weighted by Crippen LogP contribution is -2.15. The summed E-state index contributed by atoms with van der Waals surface area (Å²) in [7, 11) is 1.56. The molecular formula is C23H17ClFN5O4S. The van der Waals surface area contributed by atoms with Gasteiger partial charge in [-0.2, -0.15) is 0 Å². The molecule has 9 nitrogen and oxygen atoms in total. The number of nitro groups is 1. The number of nitrogens with one attached hydrogen (secondary N) is 1. The third-order valence-electron chi connectivity index (χ3n) is 4.85. The van der Waals surface area contributed by atoms with E-state index in [0.717, 1.165) is 11.8 Å². The van der Waals surface area contributed by atoms with E-state index in [1.165, 1.54) is 36.4 Å². The first-order valence-electron chi connectivity index (χ1n) is 10.1. The van der Waals surface area contributed by atoms with E-state index in [-0.39, 0.29) is 22.2 Å². The second-order valence-electron chi connectivity index (χ2n) is 7.08. The van der Waals surface area contributed by atoms with Crippen LogP contribution in [0.25, 0.3) is 17.1 Å². The van der Waals surface area contributed by atoms with E-state index in [1.54, 1.807) is 42.0 Å². The third-order valence-corrected chi connectivity index (χ3v) is 6.07. The molecule has 4 rings (SSSR count). The Hall–Kier alpha value is -3.96. The average molecular weight is 514 g/mol. The zero-order valence-electron chi connectivity index (χ0n) is 18.1. The maximum absolute atomic E-state index is 13.8. The number of hydrogen-bond acceptors (Lipinski definition) is 7. The van der Waals surface area contributed by atoms with Gasteiger partial charge in [-0.1, -0.05) is 35.5 Å². The van der Waals surface area contributed by atoms with Crippen molar-refractivity contribution >= 4 is 40.6 Å². The molecule has 0 saturated carbocycles. The Balaban J connectivity index is 1.63. The van der Waals surface area contributed by atoms with E-state index in [1.807, 2.05) is 0 Å². The Bertz CT molecular complexity index is 1400. The number of ether oxygens (including phenoxy) is 1. The van der Waals surface area contributed by atoms with Gasteiger partial charge in [0, 0.05) is 11.6 Å². The van der Waals surface area contributed by atoms with E-state index in [9.17, 15) is 19.3 Å². The molecule has 0 unspecified atom stereocenters. The molecule has 0 saturated heterocycles. The van der Waals surface area contributed by atoms with Crippen molar-refractivity contribution in [2.24, 2.45) is 0 Å². The first-order chi connectivity index (χ1) is 16.9. The minimum atomic E-state index is -0.576. The molecule has 1 amide bonds. The molecular weight excluding hydrogens is 497 g/mol. The molecule has 1 aromatic heterocycles. The normalized spacial score (nSPS) is 10.7. The average Bonchev–Trinajstić information content (AvgIpc) is 3.28. The molecule has 35 heavy (non-hydrogen) atoms. The summed E-state index contributed by atoms with van der Waals surface area (Å²) in [5.74, 6) is -0.0563. The van der Waals surface area contributed by atoms with Crippen molar-refractivity contribution in [3.63, 3.8) is 0 Å². The SMILES string of the molecule is COc1ccc(-c2nnc(SCC(=O)Nc3ccccc3[N+](=O)[O-])n2-c2ccc(F)c(Cl)c2)cc1. The number of para-hydroxylation sites is 2. The van der Waals surface area contributed by atoms with E-state index >= 15 is 0 Å². The Morgan fingerprint density at radius 3 is 2.60 bits per heavy atom. The lowest BCUT2D eigenvalue weighted by atomic mass is 10.2. The quantitative estimate of drug-likeness (QED) is 0.191. The monoisotopic (exact) mass is 513 g/mol. The van der Waals surface area contributed by atoms with Crippen molar-refractivity contribution in [1.29, 1.82) is 0 Å². The molecule has 3 aromatic carbocycles. The fraction of sp³-hybridized carbons (Fsp3) is 0.0870. The third kappa shape index (κ3) is 5.42. The van der Waals surface area contributed by atoms with Gasteiger partial charge in [-0.05, 0) is 48.5 Å². The molecule has 0 fully saturated rings. The number of carbonyl (C=O) groups is 1. The van der Waals surface area contributed by atoms with Crippen LogP contribution in [0.15, 0.2) is 71.9 Å². The van der Waals surface area contributed by atoms with Gasteiger partial charge in [0.2, 0.25) is 5.91 Å². The number of benzene rings is 3. The second-order valence-corrected chi connectivity index (χ2v) is 8.43. The summed E-state index contributed by atoms with van der Waals surface area (Å²) in [6, 6.07) is 17.2. The molecule has 0 aliphatic rings. The Kier molecular flexibility index (Phi) is 7.28. The van der Waals surface area contributed by atoms with Crippen molar-refractivity contribution in [2.75, 3.05) is 18.2 Å². The number of thioether (sulfide) groups is 1. The lowest BCUT2D eigenvalue weighted by Gasteiger charge is -2.11. The second kappa shape index (κ2) is 10.5. The molecule has 1 heterocycles. The van der Waals surface area contributed by atoms with Crippen LogP contribution in [0.2, 0.25) is 5.02 Å². The van der Waals surface area contributed by atoms with Gasteiger partial charge in [-0.25, -0.2) is 4.39 Å². The molecule has 0 aliphatic heterocycles. The van der Waals surface area contributed by atoms with Crippen LogP contribution < -0.4 is 10.1 Å². The van der Waals surface area contributed by atoms with Gasteiger partial charge in [-0.15, -0.1) is 10.2 Å². The highest BCUT2D eigenvalue weighted by Crippen LogP contribution is 2.31. The van der Waals surface area contributed by atoms with Gasteiger partial charge in [0.05, 0.1) is 28.5 Å². The summed E-state index contributed by atoms with van der Waals surface area (Å²) in [6.07, 6.45) is 0. The molecule has 0 bridgehead atoms. The van der Waals surface area contributed by atoms with E-state index in [0.29, 0.717) is 28.0 Å². The van der Waals surface area contributed by atoms with Gasteiger partial charge in [0.15, 0.2) is 11.0 Å². The molecule has 0 radical (unpaired) electrons. The number of nitrogens with zero attached hydrogens (tertiary/aromatic N) is 4. The Morgan fingerprint density at radius 2 is 1.91 bits per heavy atom. The summed E-state index contributed by atoms with van der Waals surface area (Å²) < 4.78 is 20.7. The number of carbonyl (C=O) groups excluding carboxylic acids is 1.